The van der Waals surface area contributed by atoms with E-state index in [1.54, 1.807) is 26.0 Å². The largest absolute Gasteiger partial charge is 0.508 e. The average Bonchev–Trinajstić information content (AvgIpc) is 3.27. The van der Waals surface area contributed by atoms with Gasteiger partial charge in [-0.05, 0) is 92.8 Å². The highest BCUT2D eigenvalue weighted by Gasteiger charge is 2.35. The minimum Gasteiger partial charge on any atom is -0.508 e. The monoisotopic (exact) mass is 939 g/mol. The molecule has 20 N–H and O–H groups in total. The first-order valence-electron chi connectivity index (χ1n) is 22.2. The quantitative estimate of drug-likeness (QED) is 0.0229. The zero-order chi connectivity index (χ0) is 50.1. The summed E-state index contributed by atoms with van der Waals surface area (Å²) in [6.07, 6.45) is 1.97. The topological polar surface area (TPSA) is 413 Å². The fraction of sp³-hybridized carbons (Fsp3) is 0.523. The Balaban J connectivity index is 2.52. The number of aliphatic imine (C=N–C) groups is 2. The third kappa shape index (κ3) is 21.7. The molecule has 0 aliphatic heterocycles. The maximum Gasteiger partial charge on any atom is 0.249 e. The first-order chi connectivity index (χ1) is 31.7. The molecule has 0 unspecified atom stereocenters. The predicted octanol–water partition coefficient (Wildman–Crippen LogP) is -2.42. The SMILES string of the molecule is CC[C@H](C)[C@H](NC(=O)[C@H](CCCN=C(N)N)NC(=O)[C@H](Cc1ccc(O)cc1)NC(=O)[C@H](Cc1ccc(O)cc1)NC(=O)[C@@H](N)CCCN=C(N)N)C(=O)N[C@@H](CCCCN)C(=O)NC(C)=O. The lowest BCUT2D eigenvalue weighted by Gasteiger charge is -2.29. The van der Waals surface area contributed by atoms with Crippen LogP contribution in [0.25, 0.3) is 0 Å². The molecule has 0 aliphatic rings. The van der Waals surface area contributed by atoms with E-state index < -0.39 is 83.5 Å². The van der Waals surface area contributed by atoms with Crippen molar-refractivity contribution in [1.29, 1.82) is 0 Å². The standard InChI is InChI=1S/C44H70N14O9/c1-4-25(2)36(42(67)55-32(10-5-6-20-45)38(63)53-26(3)59)58-39(64)33(11-8-22-52-44(49)50)54-40(65)35(24-28-14-18-30(61)19-15-28)57-41(66)34(23-27-12-16-29(60)17-13-27)56-37(62)31(46)9-7-21-51-43(47)48/h12-19,25,31-36,60-61H,4-11,20-24,45-46H2,1-3H3,(H,54,65)(H,55,67)(H,56,62)(H,57,66)(H,58,64)(H4,47,48,51)(H4,49,50,52)(H,53,59,63)/t25-,31-,32-,33-,34-,35-,36-/m0/s1. The number of hydrogen-bond acceptors (Lipinski definition) is 13. The first kappa shape index (κ1) is 56.1. The maximum atomic E-state index is 14.4. The number of amides is 7. The van der Waals surface area contributed by atoms with Crippen molar-refractivity contribution in [3.05, 3.63) is 59.7 Å². The number of aromatic hydroxyl groups is 2. The number of unbranched alkanes of at least 4 members (excludes halogenated alkanes) is 1. The molecule has 0 spiro atoms. The molecule has 7 atom stereocenters. The fourth-order valence-corrected chi connectivity index (χ4v) is 6.64. The van der Waals surface area contributed by atoms with Crippen LogP contribution < -0.4 is 66.3 Å². The Hall–Kier alpha value is -7.01. The van der Waals surface area contributed by atoms with Crippen molar-refractivity contribution in [3.8, 4) is 11.5 Å². The molecule has 23 nitrogen and oxygen atoms in total. The van der Waals surface area contributed by atoms with Gasteiger partial charge in [-0.25, -0.2) is 0 Å². The molecule has 67 heavy (non-hydrogen) atoms. The number of carbonyl (C=O) groups excluding carboxylic acids is 7. The summed E-state index contributed by atoms with van der Waals surface area (Å²) < 4.78 is 0. The van der Waals surface area contributed by atoms with Crippen LogP contribution in [0.4, 0.5) is 0 Å². The summed E-state index contributed by atoms with van der Waals surface area (Å²) in [5, 5.41) is 35.5. The van der Waals surface area contributed by atoms with E-state index in [1.165, 1.54) is 36.4 Å². The van der Waals surface area contributed by atoms with Gasteiger partial charge in [0.2, 0.25) is 41.4 Å². The van der Waals surface area contributed by atoms with E-state index in [2.05, 4.69) is 41.9 Å². The van der Waals surface area contributed by atoms with Crippen LogP contribution >= 0.6 is 0 Å². The van der Waals surface area contributed by atoms with Crippen LogP contribution in [0, 0.1) is 5.92 Å². The molecule has 370 valence electrons. The highest BCUT2D eigenvalue weighted by molar-refractivity contribution is 6.00. The van der Waals surface area contributed by atoms with Gasteiger partial charge in [-0.1, -0.05) is 44.5 Å². The summed E-state index contributed by atoms with van der Waals surface area (Å²) in [5.74, 6) is -6.06. The molecule has 2 aromatic carbocycles. The Morgan fingerprint density at radius 1 is 0.567 bits per heavy atom. The van der Waals surface area contributed by atoms with Crippen molar-refractivity contribution < 1.29 is 43.8 Å². The van der Waals surface area contributed by atoms with Gasteiger partial charge in [0.25, 0.3) is 0 Å². The molecule has 0 fully saturated rings. The van der Waals surface area contributed by atoms with Crippen molar-refractivity contribution in [2.45, 2.75) is 121 Å². The highest BCUT2D eigenvalue weighted by atomic mass is 16.3. The second-order valence-corrected chi connectivity index (χ2v) is 16.2. The Morgan fingerprint density at radius 3 is 1.45 bits per heavy atom. The second kappa shape index (κ2) is 29.5. The van der Waals surface area contributed by atoms with E-state index in [0.717, 1.165) is 6.92 Å². The smallest absolute Gasteiger partial charge is 0.249 e. The van der Waals surface area contributed by atoms with Crippen LogP contribution in [0.1, 0.15) is 83.3 Å². The van der Waals surface area contributed by atoms with E-state index in [4.69, 9.17) is 34.4 Å². The molecule has 0 heterocycles. The van der Waals surface area contributed by atoms with E-state index in [-0.39, 0.29) is 75.0 Å². The normalized spacial score (nSPS) is 14.0. The summed E-state index contributed by atoms with van der Waals surface area (Å²) in [6.45, 7) is 5.29. The van der Waals surface area contributed by atoms with E-state index in [9.17, 15) is 43.8 Å². The maximum absolute atomic E-state index is 14.4. The third-order valence-corrected chi connectivity index (χ3v) is 10.6. The average molecular weight is 939 g/mol. The molecule has 7 amide bonds. The molecule has 2 aromatic rings. The number of carbonyl (C=O) groups is 7. The Kier molecular flexibility index (Phi) is 24.7. The summed E-state index contributed by atoms with van der Waals surface area (Å²) in [4.78, 5) is 103. The Labute approximate surface area is 390 Å². The number of phenols is 2. The number of rotatable bonds is 29. The molecule has 0 bridgehead atoms. The van der Waals surface area contributed by atoms with E-state index >= 15 is 0 Å². The lowest BCUT2D eigenvalue weighted by Crippen LogP contribution is -2.61. The predicted molar refractivity (Wildman–Crippen MR) is 252 cm³/mol. The minimum atomic E-state index is -1.40. The van der Waals surface area contributed by atoms with Gasteiger partial charge in [0.15, 0.2) is 11.9 Å². The number of nitrogens with two attached hydrogens (primary N) is 6. The molecule has 2 rings (SSSR count). The number of imide groups is 1. The number of benzene rings is 2. The van der Waals surface area contributed by atoms with Crippen LogP contribution in [-0.2, 0) is 46.4 Å². The summed E-state index contributed by atoms with van der Waals surface area (Å²) in [7, 11) is 0. The van der Waals surface area contributed by atoms with Gasteiger partial charge in [0.1, 0.15) is 41.7 Å². The van der Waals surface area contributed by atoms with Crippen LogP contribution in [0.5, 0.6) is 11.5 Å². The molecule has 0 saturated carbocycles. The van der Waals surface area contributed by atoms with Crippen molar-refractivity contribution in [2.75, 3.05) is 19.6 Å². The Bertz CT molecular complexity index is 1990. The first-order valence-corrected chi connectivity index (χ1v) is 22.2. The summed E-state index contributed by atoms with van der Waals surface area (Å²) >= 11 is 0. The third-order valence-electron chi connectivity index (χ3n) is 10.6. The number of nitrogens with one attached hydrogen (secondary N) is 6. The van der Waals surface area contributed by atoms with Crippen molar-refractivity contribution >= 4 is 53.3 Å². The zero-order valence-corrected chi connectivity index (χ0v) is 38.5. The van der Waals surface area contributed by atoms with Gasteiger partial charge in [-0.3, -0.25) is 48.9 Å². The van der Waals surface area contributed by atoms with Crippen LogP contribution in [-0.4, -0.2) is 119 Å². The molecular formula is C44H70N14O9. The number of nitrogens with zero attached hydrogens (tertiary/aromatic N) is 2. The fourth-order valence-electron chi connectivity index (χ4n) is 6.64. The van der Waals surface area contributed by atoms with Gasteiger partial charge < -0.3 is 71.2 Å². The van der Waals surface area contributed by atoms with Crippen molar-refractivity contribution in [3.63, 3.8) is 0 Å². The lowest BCUT2D eigenvalue weighted by atomic mass is 9.96. The van der Waals surface area contributed by atoms with Crippen molar-refractivity contribution in [1.82, 2.24) is 31.9 Å². The molecular weight excluding hydrogens is 869 g/mol. The van der Waals surface area contributed by atoms with Gasteiger partial charge in [0, 0.05) is 32.9 Å². The molecule has 0 aliphatic carbocycles. The molecule has 23 heteroatoms. The minimum absolute atomic E-state index is 0.0326. The van der Waals surface area contributed by atoms with Gasteiger partial charge in [0.05, 0.1) is 6.04 Å². The summed E-state index contributed by atoms with van der Waals surface area (Å²) in [5.41, 5.74) is 34.7. The van der Waals surface area contributed by atoms with Crippen LogP contribution in [0.15, 0.2) is 58.5 Å². The number of phenolic OH excluding ortho intramolecular Hbond substituents is 2. The van der Waals surface area contributed by atoms with Gasteiger partial charge >= 0.3 is 0 Å². The highest BCUT2D eigenvalue weighted by Crippen LogP contribution is 2.16. The molecule has 0 saturated heterocycles. The van der Waals surface area contributed by atoms with E-state index in [0.29, 0.717) is 43.4 Å². The zero-order valence-electron chi connectivity index (χ0n) is 38.5. The van der Waals surface area contributed by atoms with Crippen LogP contribution in [0.3, 0.4) is 0 Å². The molecule has 0 aromatic heterocycles. The van der Waals surface area contributed by atoms with Gasteiger partial charge in [-0.2, -0.15) is 0 Å². The number of hydrogen-bond donors (Lipinski definition) is 14. The number of guanidine groups is 2. The second-order valence-electron chi connectivity index (χ2n) is 16.2. The van der Waals surface area contributed by atoms with Gasteiger partial charge in [-0.15, -0.1) is 0 Å². The summed E-state index contributed by atoms with van der Waals surface area (Å²) in [6, 6.07) is 4.31. The Morgan fingerprint density at radius 2 is 0.985 bits per heavy atom. The lowest BCUT2D eigenvalue weighted by molar-refractivity contribution is -0.136. The van der Waals surface area contributed by atoms with E-state index in [1.807, 2.05) is 0 Å². The molecule has 0 radical (unpaired) electrons. The van der Waals surface area contributed by atoms with Crippen LogP contribution in [0.2, 0.25) is 0 Å². The van der Waals surface area contributed by atoms with Crippen molar-refractivity contribution in [2.24, 2.45) is 50.3 Å².